The molecule has 3 rings (SSSR count). The van der Waals surface area contributed by atoms with Crippen LogP contribution in [0.3, 0.4) is 0 Å². The summed E-state index contributed by atoms with van der Waals surface area (Å²) >= 11 is 0. The Morgan fingerprint density at radius 1 is 1.43 bits per heavy atom. The number of aromatic nitrogens is 5. The van der Waals surface area contributed by atoms with Crippen LogP contribution in [0.2, 0.25) is 0 Å². The smallest absolute Gasteiger partial charge is 0.253 e. The normalized spacial score (nSPS) is 12.5. The fourth-order valence-corrected chi connectivity index (χ4v) is 2.33. The highest BCUT2D eigenvalue weighted by Crippen LogP contribution is 2.20. The molecular formula is C14H16N6O. The minimum absolute atomic E-state index is 0.00248. The summed E-state index contributed by atoms with van der Waals surface area (Å²) in [6.45, 7) is 2.40. The minimum Gasteiger partial charge on any atom is -0.351 e. The number of carbonyl (C=O) groups excluding carboxylic acids is 1. The van der Waals surface area contributed by atoms with E-state index in [1.54, 1.807) is 0 Å². The van der Waals surface area contributed by atoms with E-state index in [1.165, 1.54) is 0 Å². The maximum atomic E-state index is 12.4. The van der Waals surface area contributed by atoms with Crippen molar-refractivity contribution in [2.45, 2.75) is 12.8 Å². The number of aromatic amines is 1. The standard InChI is InChI=1S/C14H16N6O/c1-9(13-16-18-19-17-13)7-15-14(21)11-8-20(2)12-6-4-3-5-10(11)12/h3-6,8-9H,7H2,1-2H3,(H,15,21)(H,16,17,18,19)/t9-/m1/s1. The molecule has 0 saturated heterocycles. The number of fused-ring (bicyclic) bond motifs is 1. The van der Waals surface area contributed by atoms with Crippen LogP contribution in [0.5, 0.6) is 0 Å². The van der Waals surface area contributed by atoms with Gasteiger partial charge in [0.05, 0.1) is 5.56 Å². The molecule has 1 aromatic carbocycles. The van der Waals surface area contributed by atoms with Crippen molar-refractivity contribution in [3.8, 4) is 0 Å². The molecule has 0 spiro atoms. The molecule has 2 heterocycles. The molecule has 0 fully saturated rings. The van der Waals surface area contributed by atoms with Crippen LogP contribution in [0.1, 0.15) is 29.0 Å². The number of hydrogen-bond donors (Lipinski definition) is 2. The van der Waals surface area contributed by atoms with Gasteiger partial charge in [0.25, 0.3) is 5.91 Å². The Morgan fingerprint density at radius 2 is 2.24 bits per heavy atom. The highest BCUT2D eigenvalue weighted by Gasteiger charge is 2.16. The van der Waals surface area contributed by atoms with Gasteiger partial charge in [-0.1, -0.05) is 30.3 Å². The molecule has 0 aliphatic carbocycles. The summed E-state index contributed by atoms with van der Waals surface area (Å²) in [5, 5.41) is 17.6. The number of carbonyl (C=O) groups is 1. The van der Waals surface area contributed by atoms with Gasteiger partial charge in [-0.3, -0.25) is 4.79 Å². The van der Waals surface area contributed by atoms with Gasteiger partial charge in [0, 0.05) is 36.6 Å². The number of tetrazole rings is 1. The fourth-order valence-electron chi connectivity index (χ4n) is 2.33. The van der Waals surface area contributed by atoms with Crippen LogP contribution in [0.25, 0.3) is 10.9 Å². The number of para-hydroxylation sites is 1. The first-order valence-corrected chi connectivity index (χ1v) is 6.72. The highest BCUT2D eigenvalue weighted by molar-refractivity contribution is 6.06. The van der Waals surface area contributed by atoms with Crippen LogP contribution in [0.4, 0.5) is 0 Å². The molecule has 0 aliphatic rings. The Bertz CT molecular complexity index is 761. The van der Waals surface area contributed by atoms with E-state index in [0.29, 0.717) is 17.9 Å². The van der Waals surface area contributed by atoms with E-state index in [-0.39, 0.29) is 11.8 Å². The third-order valence-electron chi connectivity index (χ3n) is 3.51. The number of benzene rings is 1. The highest BCUT2D eigenvalue weighted by atomic mass is 16.1. The molecule has 0 saturated carbocycles. The molecule has 0 radical (unpaired) electrons. The third kappa shape index (κ3) is 2.49. The Morgan fingerprint density at radius 3 is 3.00 bits per heavy atom. The molecule has 1 amide bonds. The van der Waals surface area contributed by atoms with E-state index in [9.17, 15) is 4.79 Å². The van der Waals surface area contributed by atoms with Gasteiger partial charge < -0.3 is 9.88 Å². The number of nitrogens with zero attached hydrogens (tertiary/aromatic N) is 4. The average molecular weight is 284 g/mol. The summed E-state index contributed by atoms with van der Waals surface area (Å²) in [4.78, 5) is 12.4. The molecular weight excluding hydrogens is 268 g/mol. The Kier molecular flexibility index (Phi) is 3.39. The summed E-state index contributed by atoms with van der Waals surface area (Å²) in [6.07, 6.45) is 1.85. The topological polar surface area (TPSA) is 88.5 Å². The lowest BCUT2D eigenvalue weighted by Crippen LogP contribution is -2.27. The van der Waals surface area contributed by atoms with Crippen molar-refractivity contribution in [1.82, 2.24) is 30.5 Å². The molecule has 2 aromatic heterocycles. The molecule has 0 unspecified atom stereocenters. The van der Waals surface area contributed by atoms with Gasteiger partial charge in [-0.15, -0.1) is 10.2 Å². The van der Waals surface area contributed by atoms with E-state index in [1.807, 2.05) is 49.0 Å². The second kappa shape index (κ2) is 5.35. The molecule has 7 heteroatoms. The minimum atomic E-state index is -0.0952. The molecule has 2 N–H and O–H groups in total. The summed E-state index contributed by atoms with van der Waals surface area (Å²) < 4.78 is 1.95. The zero-order chi connectivity index (χ0) is 14.8. The quantitative estimate of drug-likeness (QED) is 0.754. The Labute approximate surface area is 121 Å². The molecule has 7 nitrogen and oxygen atoms in total. The van der Waals surface area contributed by atoms with Gasteiger partial charge in [0.2, 0.25) is 0 Å². The van der Waals surface area contributed by atoms with Crippen LogP contribution >= 0.6 is 0 Å². The van der Waals surface area contributed by atoms with Crippen LogP contribution in [-0.2, 0) is 7.05 Å². The maximum absolute atomic E-state index is 12.4. The summed E-state index contributed by atoms with van der Waals surface area (Å²) in [7, 11) is 1.93. The molecule has 21 heavy (non-hydrogen) atoms. The van der Waals surface area contributed by atoms with E-state index in [0.717, 1.165) is 10.9 Å². The lowest BCUT2D eigenvalue weighted by Gasteiger charge is -2.08. The predicted molar refractivity (Wildman–Crippen MR) is 77.8 cm³/mol. The molecule has 0 aliphatic heterocycles. The van der Waals surface area contributed by atoms with Crippen molar-refractivity contribution in [3.05, 3.63) is 41.9 Å². The van der Waals surface area contributed by atoms with Gasteiger partial charge in [0.1, 0.15) is 0 Å². The van der Waals surface area contributed by atoms with Crippen LogP contribution < -0.4 is 5.32 Å². The molecule has 108 valence electrons. The first-order valence-electron chi connectivity index (χ1n) is 6.72. The predicted octanol–water partition coefficient (Wildman–Crippen LogP) is 1.22. The maximum Gasteiger partial charge on any atom is 0.253 e. The van der Waals surface area contributed by atoms with Crippen molar-refractivity contribution < 1.29 is 4.79 Å². The zero-order valence-electron chi connectivity index (χ0n) is 11.9. The number of H-pyrrole nitrogens is 1. The molecule has 1 atom stereocenters. The number of hydrogen-bond acceptors (Lipinski definition) is 4. The van der Waals surface area contributed by atoms with Crippen LogP contribution in [0.15, 0.2) is 30.5 Å². The largest absolute Gasteiger partial charge is 0.351 e. The second-order valence-electron chi connectivity index (χ2n) is 5.05. The van der Waals surface area contributed by atoms with Crippen molar-refractivity contribution in [3.63, 3.8) is 0 Å². The number of amides is 1. The van der Waals surface area contributed by atoms with Gasteiger partial charge in [-0.25, -0.2) is 0 Å². The van der Waals surface area contributed by atoms with Crippen molar-refractivity contribution in [2.24, 2.45) is 7.05 Å². The summed E-state index contributed by atoms with van der Waals surface area (Å²) in [5.74, 6) is 0.498. The lowest BCUT2D eigenvalue weighted by molar-refractivity contribution is 0.0953. The van der Waals surface area contributed by atoms with Gasteiger partial charge in [-0.05, 0) is 6.07 Å². The molecule has 3 aromatic rings. The van der Waals surface area contributed by atoms with Crippen LogP contribution in [0, 0.1) is 0 Å². The Hall–Kier alpha value is -2.70. The fraction of sp³-hybridized carbons (Fsp3) is 0.286. The number of rotatable bonds is 4. The number of nitrogens with one attached hydrogen (secondary N) is 2. The lowest BCUT2D eigenvalue weighted by atomic mass is 10.1. The SMILES string of the molecule is C[C@H](CNC(=O)c1cn(C)c2ccccc12)c1nn[nH]n1. The molecule has 0 bridgehead atoms. The Balaban J connectivity index is 1.75. The van der Waals surface area contributed by atoms with E-state index < -0.39 is 0 Å². The van der Waals surface area contributed by atoms with Gasteiger partial charge in [0.15, 0.2) is 5.82 Å². The van der Waals surface area contributed by atoms with E-state index in [4.69, 9.17) is 0 Å². The average Bonchev–Trinajstić information content (AvgIpc) is 3.13. The summed E-state index contributed by atoms with van der Waals surface area (Å²) in [5.41, 5.74) is 1.71. The first kappa shape index (κ1) is 13.3. The van der Waals surface area contributed by atoms with Crippen LogP contribution in [-0.4, -0.2) is 37.6 Å². The van der Waals surface area contributed by atoms with E-state index >= 15 is 0 Å². The third-order valence-corrected chi connectivity index (χ3v) is 3.51. The first-order chi connectivity index (χ1) is 10.2. The number of aryl methyl sites for hydroxylation is 1. The second-order valence-corrected chi connectivity index (χ2v) is 5.05. The van der Waals surface area contributed by atoms with Crippen molar-refractivity contribution >= 4 is 16.8 Å². The van der Waals surface area contributed by atoms with Crippen molar-refractivity contribution in [2.75, 3.05) is 6.54 Å². The van der Waals surface area contributed by atoms with Crippen molar-refractivity contribution in [1.29, 1.82) is 0 Å². The summed E-state index contributed by atoms with van der Waals surface area (Å²) in [6, 6.07) is 7.84. The van der Waals surface area contributed by atoms with Gasteiger partial charge in [-0.2, -0.15) is 5.21 Å². The van der Waals surface area contributed by atoms with E-state index in [2.05, 4.69) is 25.9 Å². The monoisotopic (exact) mass is 284 g/mol. The zero-order valence-corrected chi connectivity index (χ0v) is 11.9. The van der Waals surface area contributed by atoms with Gasteiger partial charge >= 0.3 is 0 Å².